The molecule has 0 amide bonds. The van der Waals surface area contributed by atoms with Crippen LogP contribution in [0.3, 0.4) is 0 Å². The zero-order valence-corrected chi connectivity index (χ0v) is 9.28. The number of anilines is 1. The summed E-state index contributed by atoms with van der Waals surface area (Å²) >= 11 is 3.79. The van der Waals surface area contributed by atoms with Crippen LogP contribution in [-0.2, 0) is 7.05 Å². The SMILES string of the molecule is Cn1cc(-n2cccc(NS)c2=O)c(F)n1. The number of aromatic nitrogens is 3. The lowest BCUT2D eigenvalue weighted by Crippen LogP contribution is -2.19. The van der Waals surface area contributed by atoms with Crippen molar-refractivity contribution in [2.45, 2.75) is 0 Å². The van der Waals surface area contributed by atoms with E-state index in [0.29, 0.717) is 0 Å². The summed E-state index contributed by atoms with van der Waals surface area (Å²) in [6, 6.07) is 3.17. The number of aryl methyl sites for hydroxylation is 1. The van der Waals surface area contributed by atoms with Crippen LogP contribution in [-0.4, -0.2) is 14.3 Å². The predicted molar refractivity (Wildman–Crippen MR) is 61.4 cm³/mol. The van der Waals surface area contributed by atoms with Gasteiger partial charge in [-0.1, -0.05) is 12.8 Å². The molecule has 0 aliphatic heterocycles. The molecule has 0 bridgehead atoms. The highest BCUT2D eigenvalue weighted by Crippen LogP contribution is 2.10. The smallest absolute Gasteiger partial charge is 0.279 e. The third-order valence-electron chi connectivity index (χ3n) is 2.09. The fourth-order valence-electron chi connectivity index (χ4n) is 1.38. The summed E-state index contributed by atoms with van der Waals surface area (Å²) < 4.78 is 18.3. The lowest BCUT2D eigenvalue weighted by molar-refractivity contribution is 0.548. The van der Waals surface area contributed by atoms with Gasteiger partial charge in [0.2, 0.25) is 0 Å². The van der Waals surface area contributed by atoms with Crippen LogP contribution in [0.4, 0.5) is 10.1 Å². The van der Waals surface area contributed by atoms with Gasteiger partial charge >= 0.3 is 0 Å². The maximum Gasteiger partial charge on any atom is 0.279 e. The summed E-state index contributed by atoms with van der Waals surface area (Å²) in [6.45, 7) is 0. The Bertz CT molecular complexity index is 577. The number of halogens is 1. The van der Waals surface area contributed by atoms with Gasteiger partial charge in [-0.25, -0.2) is 0 Å². The monoisotopic (exact) mass is 240 g/mol. The zero-order valence-electron chi connectivity index (χ0n) is 8.38. The number of hydrogen-bond donors (Lipinski definition) is 2. The van der Waals surface area contributed by atoms with Gasteiger partial charge in [0.1, 0.15) is 11.4 Å². The first-order chi connectivity index (χ1) is 7.63. The van der Waals surface area contributed by atoms with Gasteiger partial charge in [-0.2, -0.15) is 4.39 Å². The third kappa shape index (κ3) is 1.69. The molecule has 0 saturated carbocycles. The lowest BCUT2D eigenvalue weighted by atomic mass is 10.4. The van der Waals surface area contributed by atoms with E-state index in [4.69, 9.17) is 0 Å². The largest absolute Gasteiger partial charge is 0.328 e. The molecule has 1 N–H and O–H groups in total. The third-order valence-corrected chi connectivity index (χ3v) is 2.33. The molecule has 2 aromatic rings. The molecule has 0 saturated heterocycles. The van der Waals surface area contributed by atoms with E-state index in [-0.39, 0.29) is 16.9 Å². The molecule has 0 unspecified atom stereocenters. The predicted octanol–water partition coefficient (Wildman–Crippen LogP) is 0.967. The molecular weight excluding hydrogens is 231 g/mol. The van der Waals surface area contributed by atoms with Crippen LogP contribution in [0.1, 0.15) is 0 Å². The van der Waals surface area contributed by atoms with Gasteiger partial charge in [0.25, 0.3) is 11.5 Å². The summed E-state index contributed by atoms with van der Waals surface area (Å²) in [5.74, 6) is -0.694. The minimum atomic E-state index is -0.694. The molecule has 0 radical (unpaired) electrons. The van der Waals surface area contributed by atoms with Gasteiger partial charge in [-0.3, -0.25) is 14.0 Å². The second-order valence-corrected chi connectivity index (χ2v) is 3.41. The molecule has 0 aromatic carbocycles. The maximum atomic E-state index is 13.4. The Labute approximate surface area is 96.1 Å². The number of pyridine rings is 1. The van der Waals surface area contributed by atoms with Crippen molar-refractivity contribution in [3.63, 3.8) is 0 Å². The van der Waals surface area contributed by atoms with E-state index in [2.05, 4.69) is 22.6 Å². The van der Waals surface area contributed by atoms with Crippen molar-refractivity contribution in [3.05, 3.63) is 40.8 Å². The molecule has 84 valence electrons. The molecule has 2 rings (SSSR count). The normalized spacial score (nSPS) is 10.4. The van der Waals surface area contributed by atoms with Crippen molar-refractivity contribution >= 4 is 18.5 Å². The Morgan fingerprint density at radius 1 is 1.56 bits per heavy atom. The second kappa shape index (κ2) is 4.01. The highest BCUT2D eigenvalue weighted by atomic mass is 32.1. The number of nitrogens with zero attached hydrogens (tertiary/aromatic N) is 3. The van der Waals surface area contributed by atoms with E-state index in [9.17, 15) is 9.18 Å². The van der Waals surface area contributed by atoms with Gasteiger partial charge < -0.3 is 4.72 Å². The van der Waals surface area contributed by atoms with E-state index in [0.717, 1.165) is 0 Å². The average molecular weight is 240 g/mol. The van der Waals surface area contributed by atoms with E-state index >= 15 is 0 Å². The van der Waals surface area contributed by atoms with Crippen LogP contribution in [0.5, 0.6) is 0 Å². The zero-order chi connectivity index (χ0) is 11.7. The van der Waals surface area contributed by atoms with Crippen LogP contribution in [0.15, 0.2) is 29.3 Å². The number of rotatable bonds is 2. The first kappa shape index (κ1) is 10.7. The van der Waals surface area contributed by atoms with Crippen molar-refractivity contribution in [3.8, 4) is 5.69 Å². The second-order valence-electron chi connectivity index (χ2n) is 3.19. The molecule has 16 heavy (non-hydrogen) atoms. The molecule has 5 nitrogen and oxygen atoms in total. The lowest BCUT2D eigenvalue weighted by Gasteiger charge is -2.04. The highest BCUT2D eigenvalue weighted by Gasteiger charge is 2.11. The van der Waals surface area contributed by atoms with Crippen molar-refractivity contribution in [2.24, 2.45) is 7.05 Å². The quantitative estimate of drug-likeness (QED) is 0.769. The Kier molecular flexibility index (Phi) is 2.69. The molecule has 2 heterocycles. The minimum absolute atomic E-state index is 0.109. The number of nitrogens with one attached hydrogen (secondary N) is 1. The first-order valence-electron chi connectivity index (χ1n) is 4.45. The molecule has 0 atom stereocenters. The summed E-state index contributed by atoms with van der Waals surface area (Å²) in [6.07, 6.45) is 2.90. The topological polar surface area (TPSA) is 51.9 Å². The molecular formula is C9H9FN4OS. The molecule has 2 aromatic heterocycles. The Hall–Kier alpha value is -1.76. The van der Waals surface area contributed by atoms with Crippen LogP contribution in [0.25, 0.3) is 5.69 Å². The van der Waals surface area contributed by atoms with Gasteiger partial charge in [0.05, 0.1) is 6.20 Å². The van der Waals surface area contributed by atoms with Gasteiger partial charge in [0, 0.05) is 13.2 Å². The highest BCUT2D eigenvalue weighted by molar-refractivity contribution is 7.81. The summed E-state index contributed by atoms with van der Waals surface area (Å²) in [4.78, 5) is 11.8. The van der Waals surface area contributed by atoms with Crippen molar-refractivity contribution < 1.29 is 4.39 Å². The van der Waals surface area contributed by atoms with Gasteiger partial charge in [-0.15, -0.1) is 5.10 Å². The number of hydrogen-bond acceptors (Lipinski definition) is 4. The molecule has 7 heteroatoms. The summed E-state index contributed by atoms with van der Waals surface area (Å²) in [5.41, 5.74) is -0.00332. The minimum Gasteiger partial charge on any atom is -0.328 e. The standard InChI is InChI=1S/C9H9FN4OS/c1-13-5-7(8(10)11-13)14-4-2-3-6(12-16)9(14)15/h2-5,12,16H,1H3. The van der Waals surface area contributed by atoms with Crippen molar-refractivity contribution in [1.82, 2.24) is 14.3 Å². The molecule has 0 aliphatic rings. The van der Waals surface area contributed by atoms with E-state index in [1.807, 2.05) is 0 Å². The van der Waals surface area contributed by atoms with E-state index in [1.54, 1.807) is 19.2 Å². The summed E-state index contributed by atoms with van der Waals surface area (Å²) in [5, 5.41) is 3.53. The molecule has 0 fully saturated rings. The summed E-state index contributed by atoms with van der Waals surface area (Å²) in [7, 11) is 1.58. The fraction of sp³-hybridized carbons (Fsp3) is 0.111. The first-order valence-corrected chi connectivity index (χ1v) is 4.89. The Morgan fingerprint density at radius 3 is 2.88 bits per heavy atom. The number of thiol groups is 1. The van der Waals surface area contributed by atoms with Crippen molar-refractivity contribution in [2.75, 3.05) is 4.72 Å². The van der Waals surface area contributed by atoms with Gasteiger partial charge in [-0.05, 0) is 12.1 Å². The maximum absolute atomic E-state index is 13.4. The van der Waals surface area contributed by atoms with Crippen LogP contribution < -0.4 is 10.3 Å². The van der Waals surface area contributed by atoms with Crippen LogP contribution >= 0.6 is 12.8 Å². The molecule has 0 spiro atoms. The van der Waals surface area contributed by atoms with Gasteiger partial charge in [0.15, 0.2) is 0 Å². The fourth-order valence-corrected chi connectivity index (χ4v) is 1.55. The van der Waals surface area contributed by atoms with E-state index in [1.165, 1.54) is 21.6 Å². The van der Waals surface area contributed by atoms with E-state index < -0.39 is 5.95 Å². The van der Waals surface area contributed by atoms with Crippen LogP contribution in [0, 0.1) is 5.95 Å². The van der Waals surface area contributed by atoms with Crippen LogP contribution in [0.2, 0.25) is 0 Å². The molecule has 0 aliphatic carbocycles. The average Bonchev–Trinajstić information content (AvgIpc) is 2.58. The Morgan fingerprint density at radius 2 is 2.31 bits per heavy atom. The Balaban J connectivity index is 2.65. The van der Waals surface area contributed by atoms with Crippen molar-refractivity contribution in [1.29, 1.82) is 0 Å².